The van der Waals surface area contributed by atoms with Gasteiger partial charge in [-0.15, -0.1) is 0 Å². The number of Topliss-reactive ketones (excluding diaryl/α,β-unsaturated/α-hetero) is 1. The minimum Gasteiger partial charge on any atom is -0.292 e. The van der Waals surface area contributed by atoms with Gasteiger partial charge in [-0.2, -0.15) is 5.10 Å². The van der Waals surface area contributed by atoms with Crippen LogP contribution in [0, 0.1) is 11.8 Å². The van der Waals surface area contributed by atoms with Crippen LogP contribution >= 0.6 is 15.9 Å². The molecule has 0 spiro atoms. The number of carbonyl (C=O) groups excluding carboxylic acids is 3. The van der Waals surface area contributed by atoms with Gasteiger partial charge in [-0.1, -0.05) is 52.3 Å². The Kier molecular flexibility index (Phi) is 4.20. The fourth-order valence-corrected chi connectivity index (χ4v) is 4.72. The van der Waals surface area contributed by atoms with Gasteiger partial charge in [-0.3, -0.25) is 19.4 Å². The number of benzene rings is 2. The molecule has 29 heavy (non-hydrogen) atoms. The second kappa shape index (κ2) is 6.77. The SMILES string of the molecule is O=C(c1ccccc1)[C@H]1[C@H]2C(=O)N(c3ccc(Br)cc3)C(=O)[C@H]2[C@@H]2C=CC=NN21. The summed E-state index contributed by atoms with van der Waals surface area (Å²) in [4.78, 5) is 41.3. The number of hydrogen-bond donors (Lipinski definition) is 0. The molecule has 0 radical (unpaired) electrons. The predicted octanol–water partition coefficient (Wildman–Crippen LogP) is 3.05. The Morgan fingerprint density at radius 2 is 1.62 bits per heavy atom. The van der Waals surface area contributed by atoms with Crippen molar-refractivity contribution in [1.82, 2.24) is 5.01 Å². The molecule has 2 aromatic carbocycles. The second-order valence-corrected chi connectivity index (χ2v) is 8.15. The summed E-state index contributed by atoms with van der Waals surface area (Å²) in [5.74, 6) is -2.26. The van der Waals surface area contributed by atoms with E-state index in [4.69, 9.17) is 0 Å². The number of imide groups is 1. The predicted molar refractivity (Wildman–Crippen MR) is 111 cm³/mol. The molecule has 4 atom stereocenters. The highest BCUT2D eigenvalue weighted by atomic mass is 79.9. The molecule has 6 nitrogen and oxygen atoms in total. The molecule has 7 heteroatoms. The van der Waals surface area contributed by atoms with E-state index < -0.39 is 23.9 Å². The zero-order chi connectivity index (χ0) is 20.1. The number of halogens is 1. The third-order valence-electron chi connectivity index (χ3n) is 5.70. The van der Waals surface area contributed by atoms with Crippen LogP contribution in [0.15, 0.2) is 76.3 Å². The van der Waals surface area contributed by atoms with E-state index in [2.05, 4.69) is 21.0 Å². The van der Waals surface area contributed by atoms with Crippen LogP contribution in [-0.4, -0.2) is 40.9 Å². The van der Waals surface area contributed by atoms with Crippen LogP contribution in [0.4, 0.5) is 5.69 Å². The van der Waals surface area contributed by atoms with Crippen LogP contribution in [0.2, 0.25) is 0 Å². The third kappa shape index (κ3) is 2.68. The van der Waals surface area contributed by atoms with Crippen LogP contribution in [0.25, 0.3) is 0 Å². The summed E-state index contributed by atoms with van der Waals surface area (Å²) in [5, 5.41) is 5.98. The maximum absolute atomic E-state index is 13.4. The summed E-state index contributed by atoms with van der Waals surface area (Å²) in [6, 6.07) is 14.6. The monoisotopic (exact) mass is 449 g/mol. The number of amides is 2. The molecule has 2 saturated heterocycles. The van der Waals surface area contributed by atoms with Crippen molar-refractivity contribution in [2.24, 2.45) is 16.9 Å². The quantitative estimate of drug-likeness (QED) is 0.533. The van der Waals surface area contributed by atoms with E-state index in [-0.39, 0.29) is 17.6 Å². The lowest BCUT2D eigenvalue weighted by Gasteiger charge is -2.30. The van der Waals surface area contributed by atoms with E-state index in [1.54, 1.807) is 65.8 Å². The maximum Gasteiger partial charge on any atom is 0.240 e. The Morgan fingerprint density at radius 1 is 0.931 bits per heavy atom. The van der Waals surface area contributed by atoms with E-state index in [0.29, 0.717) is 11.3 Å². The Morgan fingerprint density at radius 3 is 2.34 bits per heavy atom. The van der Waals surface area contributed by atoms with Gasteiger partial charge in [0, 0.05) is 16.3 Å². The van der Waals surface area contributed by atoms with Crippen molar-refractivity contribution in [2.75, 3.05) is 4.90 Å². The molecule has 5 rings (SSSR count). The lowest BCUT2D eigenvalue weighted by atomic mass is 9.86. The zero-order valence-corrected chi connectivity index (χ0v) is 16.8. The van der Waals surface area contributed by atoms with Crippen molar-refractivity contribution in [1.29, 1.82) is 0 Å². The number of carbonyl (C=O) groups is 3. The van der Waals surface area contributed by atoms with Crippen molar-refractivity contribution in [3.8, 4) is 0 Å². The molecule has 3 heterocycles. The van der Waals surface area contributed by atoms with Gasteiger partial charge in [-0.05, 0) is 30.3 Å². The summed E-state index contributed by atoms with van der Waals surface area (Å²) >= 11 is 3.37. The van der Waals surface area contributed by atoms with Crippen molar-refractivity contribution in [3.05, 3.63) is 76.8 Å². The van der Waals surface area contributed by atoms with Crippen LogP contribution in [0.5, 0.6) is 0 Å². The molecule has 2 fully saturated rings. The fraction of sp³-hybridized carbons (Fsp3) is 0.182. The first-order valence-corrected chi connectivity index (χ1v) is 10.1. The highest BCUT2D eigenvalue weighted by Gasteiger charge is 2.64. The van der Waals surface area contributed by atoms with Gasteiger partial charge in [0.2, 0.25) is 11.8 Å². The molecule has 0 saturated carbocycles. The number of allylic oxidation sites excluding steroid dienone is 1. The summed E-state index contributed by atoms with van der Waals surface area (Å²) < 4.78 is 0.855. The molecule has 0 unspecified atom stereocenters. The first-order chi connectivity index (χ1) is 14.1. The van der Waals surface area contributed by atoms with Gasteiger partial charge < -0.3 is 0 Å². The van der Waals surface area contributed by atoms with Gasteiger partial charge in [-0.25, -0.2) is 4.90 Å². The van der Waals surface area contributed by atoms with E-state index >= 15 is 0 Å². The first-order valence-electron chi connectivity index (χ1n) is 9.29. The average molecular weight is 450 g/mol. The lowest BCUT2D eigenvalue weighted by molar-refractivity contribution is -0.123. The van der Waals surface area contributed by atoms with Gasteiger partial charge in [0.15, 0.2) is 5.78 Å². The largest absolute Gasteiger partial charge is 0.292 e. The summed E-state index contributed by atoms with van der Waals surface area (Å²) in [7, 11) is 0. The van der Waals surface area contributed by atoms with E-state index in [1.807, 2.05) is 12.1 Å². The summed E-state index contributed by atoms with van der Waals surface area (Å²) in [6.07, 6.45) is 5.19. The number of ketones is 1. The molecular weight excluding hydrogens is 434 g/mol. The Bertz CT molecular complexity index is 1060. The van der Waals surface area contributed by atoms with Gasteiger partial charge >= 0.3 is 0 Å². The zero-order valence-electron chi connectivity index (χ0n) is 15.2. The number of anilines is 1. The molecule has 0 bridgehead atoms. The minimum atomic E-state index is -0.814. The van der Waals surface area contributed by atoms with Crippen LogP contribution in [0.1, 0.15) is 10.4 Å². The van der Waals surface area contributed by atoms with Gasteiger partial charge in [0.1, 0.15) is 6.04 Å². The van der Waals surface area contributed by atoms with Crippen molar-refractivity contribution in [3.63, 3.8) is 0 Å². The number of hydrogen-bond acceptors (Lipinski definition) is 5. The van der Waals surface area contributed by atoms with Crippen LogP contribution < -0.4 is 4.90 Å². The van der Waals surface area contributed by atoms with Crippen LogP contribution in [0.3, 0.4) is 0 Å². The fourth-order valence-electron chi connectivity index (χ4n) is 4.46. The Labute approximate surface area is 175 Å². The van der Waals surface area contributed by atoms with Gasteiger partial charge in [0.25, 0.3) is 0 Å². The number of nitrogens with zero attached hydrogens (tertiary/aromatic N) is 3. The number of hydrazone groups is 1. The highest BCUT2D eigenvalue weighted by Crippen LogP contribution is 2.46. The smallest absolute Gasteiger partial charge is 0.240 e. The molecule has 0 N–H and O–H groups in total. The molecule has 2 amide bonds. The first kappa shape index (κ1) is 18.0. The average Bonchev–Trinajstić information content (AvgIpc) is 3.22. The lowest BCUT2D eigenvalue weighted by Crippen LogP contribution is -2.46. The van der Waals surface area contributed by atoms with E-state index in [9.17, 15) is 14.4 Å². The van der Waals surface area contributed by atoms with E-state index in [1.165, 1.54) is 4.90 Å². The second-order valence-electron chi connectivity index (χ2n) is 7.24. The summed E-state index contributed by atoms with van der Waals surface area (Å²) in [5.41, 5.74) is 1.02. The summed E-state index contributed by atoms with van der Waals surface area (Å²) in [6.45, 7) is 0. The Balaban J connectivity index is 1.58. The van der Waals surface area contributed by atoms with Crippen molar-refractivity contribution < 1.29 is 14.4 Å². The topological polar surface area (TPSA) is 70.0 Å². The van der Waals surface area contributed by atoms with Crippen molar-refractivity contribution >= 4 is 45.4 Å². The molecular formula is C22H16BrN3O3. The minimum absolute atomic E-state index is 0.200. The van der Waals surface area contributed by atoms with Crippen LogP contribution in [-0.2, 0) is 9.59 Å². The van der Waals surface area contributed by atoms with Gasteiger partial charge in [0.05, 0.1) is 23.6 Å². The standard InChI is InChI=1S/C22H16BrN3O3/c23-14-8-10-15(11-9-14)25-21(28)17-16-7-4-12-24-26(16)19(18(17)22(25)29)20(27)13-5-2-1-3-6-13/h1-12,16-19H/t16-,17-,18-,19+/m0/s1. The molecule has 144 valence electrons. The molecule has 3 aliphatic rings. The molecule has 0 aromatic heterocycles. The maximum atomic E-state index is 13.4. The van der Waals surface area contributed by atoms with Crippen molar-refractivity contribution in [2.45, 2.75) is 12.1 Å². The van der Waals surface area contributed by atoms with E-state index in [0.717, 1.165) is 4.47 Å². The third-order valence-corrected chi connectivity index (χ3v) is 6.23. The number of fused-ring (bicyclic) bond motifs is 3. The highest BCUT2D eigenvalue weighted by molar-refractivity contribution is 9.10. The molecule has 2 aromatic rings. The molecule has 0 aliphatic carbocycles. The number of rotatable bonds is 3. The molecule has 3 aliphatic heterocycles. The normalized spacial score (nSPS) is 27.3. The Hall–Kier alpha value is -3.06.